The van der Waals surface area contributed by atoms with Gasteiger partial charge in [0.05, 0.1) is 11.3 Å². The van der Waals surface area contributed by atoms with E-state index in [-0.39, 0.29) is 31.6 Å². The maximum atomic E-state index is 10.0. The number of nitrogens with zero attached hydrogens (tertiary/aromatic N) is 2. The van der Waals surface area contributed by atoms with Gasteiger partial charge in [-0.15, -0.1) is 29.5 Å². The summed E-state index contributed by atoms with van der Waals surface area (Å²) in [6.45, 7) is 9.16. The Morgan fingerprint density at radius 1 is 1.03 bits per heavy atom. The molecule has 0 spiro atoms. The van der Waals surface area contributed by atoms with E-state index in [1.54, 1.807) is 11.3 Å². The standard InChI is InChI=1S/C27H19N2OS.C5H8O2.Ir/c1-15-6-4-7-16(2)25(15)24-12-18-14-28-22(13-23(18)31-24)21-9-5-8-19-20-11-10-17(3)29-27(20)30-26(19)21;1-4(6)3-5(2)7;/h4-8,10-14H,1-3H3;3,6H,1-2H3;/q-1;;/b;4-3-;. The average molecular weight is 712 g/mol. The quantitative estimate of drug-likeness (QED) is 0.113. The fraction of sp³-hybridized carbons (Fsp3) is 0.156. The van der Waals surface area contributed by atoms with Crippen LogP contribution in [0.4, 0.5) is 0 Å². The van der Waals surface area contributed by atoms with Gasteiger partial charge in [0.2, 0.25) is 5.71 Å². The number of aromatic nitrogens is 2. The van der Waals surface area contributed by atoms with Crippen LogP contribution in [0.1, 0.15) is 30.7 Å². The van der Waals surface area contributed by atoms with Crippen LogP contribution in [0.3, 0.4) is 0 Å². The van der Waals surface area contributed by atoms with Gasteiger partial charge in [-0.1, -0.05) is 35.2 Å². The van der Waals surface area contributed by atoms with E-state index in [0.29, 0.717) is 5.71 Å². The Bertz CT molecular complexity index is 1840. The van der Waals surface area contributed by atoms with Crippen LogP contribution < -0.4 is 0 Å². The van der Waals surface area contributed by atoms with Gasteiger partial charge in [0, 0.05) is 58.4 Å². The Balaban J connectivity index is 0.000000394. The summed E-state index contributed by atoms with van der Waals surface area (Å²) in [5.74, 6) is -0.0625. The summed E-state index contributed by atoms with van der Waals surface area (Å²) < 4.78 is 7.36. The summed E-state index contributed by atoms with van der Waals surface area (Å²) in [6, 6.07) is 22.2. The fourth-order valence-electron chi connectivity index (χ4n) is 4.60. The Kier molecular flexibility index (Phi) is 8.45. The second-order valence-corrected chi connectivity index (χ2v) is 10.5. The minimum Gasteiger partial charge on any atom is -0.512 e. The van der Waals surface area contributed by atoms with Crippen LogP contribution in [0.2, 0.25) is 0 Å². The number of hydrogen-bond donors (Lipinski definition) is 1. The second kappa shape index (κ2) is 11.6. The average Bonchev–Trinajstić information content (AvgIpc) is 3.43. The van der Waals surface area contributed by atoms with Crippen molar-refractivity contribution in [3.05, 3.63) is 95.5 Å². The van der Waals surface area contributed by atoms with E-state index in [9.17, 15) is 4.79 Å². The van der Waals surface area contributed by atoms with Crippen molar-refractivity contribution >= 4 is 49.3 Å². The van der Waals surface area contributed by atoms with E-state index in [1.807, 2.05) is 31.3 Å². The van der Waals surface area contributed by atoms with E-state index in [2.05, 4.69) is 61.3 Å². The third kappa shape index (κ3) is 5.86. The molecule has 2 aromatic carbocycles. The summed E-state index contributed by atoms with van der Waals surface area (Å²) in [7, 11) is 0. The van der Waals surface area contributed by atoms with Gasteiger partial charge in [-0.05, 0) is 75.2 Å². The molecule has 1 radical (unpaired) electrons. The number of carbonyl (C=O) groups is 1. The number of rotatable bonds is 3. The fourth-order valence-corrected chi connectivity index (χ4v) is 5.84. The largest absolute Gasteiger partial charge is 0.512 e. The molecule has 7 heteroatoms. The number of allylic oxidation sites excluding steroid dienone is 2. The zero-order valence-corrected chi connectivity index (χ0v) is 25.5. The summed E-state index contributed by atoms with van der Waals surface area (Å²) in [5, 5.41) is 11.6. The first-order valence-corrected chi connectivity index (χ1v) is 13.1. The van der Waals surface area contributed by atoms with Gasteiger partial charge in [-0.3, -0.25) is 4.79 Å². The van der Waals surface area contributed by atoms with E-state index < -0.39 is 0 Å². The molecular formula is C32H27IrN2O3S-. The molecule has 39 heavy (non-hydrogen) atoms. The Morgan fingerprint density at radius 3 is 2.44 bits per heavy atom. The third-order valence-electron chi connectivity index (χ3n) is 6.24. The van der Waals surface area contributed by atoms with Gasteiger partial charge in [-0.2, -0.15) is 0 Å². The van der Waals surface area contributed by atoms with E-state index in [0.717, 1.165) is 38.7 Å². The zero-order chi connectivity index (χ0) is 27.0. The van der Waals surface area contributed by atoms with Gasteiger partial charge in [-0.25, -0.2) is 4.98 Å². The second-order valence-electron chi connectivity index (χ2n) is 9.38. The maximum Gasteiger partial charge on any atom is 0.216 e. The van der Waals surface area contributed by atoms with Crippen molar-refractivity contribution in [3.8, 4) is 21.7 Å². The molecule has 0 bridgehead atoms. The molecule has 0 saturated heterocycles. The first-order valence-electron chi connectivity index (χ1n) is 12.3. The molecule has 0 fully saturated rings. The van der Waals surface area contributed by atoms with Gasteiger partial charge in [0.25, 0.3) is 0 Å². The molecule has 4 aromatic heterocycles. The Hall–Kier alpha value is -3.64. The van der Waals surface area contributed by atoms with Gasteiger partial charge < -0.3 is 14.5 Å². The van der Waals surface area contributed by atoms with Gasteiger partial charge in [0.1, 0.15) is 0 Å². The molecule has 199 valence electrons. The number of fused-ring (bicyclic) bond motifs is 4. The number of aryl methyl sites for hydroxylation is 3. The van der Waals surface area contributed by atoms with Crippen LogP contribution in [0.25, 0.3) is 53.9 Å². The first kappa shape index (κ1) is 28.4. The van der Waals surface area contributed by atoms with Crippen molar-refractivity contribution in [1.29, 1.82) is 0 Å². The number of thiophene rings is 1. The molecule has 0 aliphatic heterocycles. The number of pyridine rings is 2. The predicted molar refractivity (Wildman–Crippen MR) is 156 cm³/mol. The van der Waals surface area contributed by atoms with Crippen LogP contribution in [0, 0.1) is 26.8 Å². The number of aliphatic hydroxyl groups is 1. The molecule has 0 unspecified atom stereocenters. The molecule has 0 saturated carbocycles. The predicted octanol–water partition coefficient (Wildman–Crippen LogP) is 8.68. The van der Waals surface area contributed by atoms with Gasteiger partial charge >= 0.3 is 0 Å². The number of ketones is 1. The van der Waals surface area contributed by atoms with Crippen LogP contribution in [0.15, 0.2) is 77.0 Å². The molecule has 0 aliphatic carbocycles. The van der Waals surface area contributed by atoms with Crippen molar-refractivity contribution in [1.82, 2.24) is 9.97 Å². The minimum absolute atomic E-state index is 0. The third-order valence-corrected chi connectivity index (χ3v) is 7.35. The minimum atomic E-state index is -0.125. The zero-order valence-electron chi connectivity index (χ0n) is 22.3. The number of aliphatic hydroxyl groups excluding tert-OH is 1. The van der Waals surface area contributed by atoms with E-state index >= 15 is 0 Å². The van der Waals surface area contributed by atoms with E-state index in [4.69, 9.17) is 14.5 Å². The van der Waals surface area contributed by atoms with Crippen molar-refractivity contribution in [2.75, 3.05) is 0 Å². The van der Waals surface area contributed by atoms with Crippen molar-refractivity contribution in [2.24, 2.45) is 0 Å². The van der Waals surface area contributed by atoms with Crippen molar-refractivity contribution in [2.45, 2.75) is 34.6 Å². The van der Waals surface area contributed by atoms with Crippen LogP contribution in [-0.2, 0) is 24.9 Å². The van der Waals surface area contributed by atoms with Crippen molar-refractivity contribution in [3.63, 3.8) is 0 Å². The maximum absolute atomic E-state index is 10.0. The van der Waals surface area contributed by atoms with Crippen LogP contribution in [-0.4, -0.2) is 20.9 Å². The summed E-state index contributed by atoms with van der Waals surface area (Å²) in [5.41, 5.74) is 8.03. The topological polar surface area (TPSA) is 76.2 Å². The molecule has 5 nitrogen and oxygen atoms in total. The summed E-state index contributed by atoms with van der Waals surface area (Å²) in [4.78, 5) is 20.6. The first-order chi connectivity index (χ1) is 18.2. The molecule has 1 N–H and O–H groups in total. The molecule has 0 atom stereocenters. The molecular weight excluding hydrogens is 685 g/mol. The summed E-state index contributed by atoms with van der Waals surface area (Å²) >= 11 is 1.80. The van der Waals surface area contributed by atoms with E-state index in [1.165, 1.54) is 46.2 Å². The van der Waals surface area contributed by atoms with Crippen molar-refractivity contribution < 1.29 is 34.4 Å². The monoisotopic (exact) mass is 712 g/mol. The SMILES string of the molecule is CC(=O)/C=C(/C)O.Cc1ccc2c(n1)oc1c(-c3cc4sc(-c5c(C)cccc5C)cc4cn3)[c-]ccc12.[Ir]. The van der Waals surface area contributed by atoms with Gasteiger partial charge in [0.15, 0.2) is 5.78 Å². The molecule has 0 aliphatic rings. The molecule has 6 rings (SSSR count). The van der Waals surface area contributed by atoms with Crippen LogP contribution in [0.5, 0.6) is 0 Å². The molecule has 6 aromatic rings. The van der Waals surface area contributed by atoms with Crippen LogP contribution >= 0.6 is 11.3 Å². The Morgan fingerprint density at radius 2 is 1.77 bits per heavy atom. The molecule has 0 amide bonds. The molecule has 4 heterocycles. The Labute approximate surface area is 244 Å². The summed E-state index contributed by atoms with van der Waals surface area (Å²) in [6.07, 6.45) is 3.12. The number of benzene rings is 2. The number of carbonyl (C=O) groups excluding carboxylic acids is 1. The normalized spacial score (nSPS) is 11.4. The smallest absolute Gasteiger partial charge is 0.216 e. The number of hydrogen-bond acceptors (Lipinski definition) is 6. The number of furan rings is 1.